The lowest BCUT2D eigenvalue weighted by Crippen LogP contribution is -2.46. The van der Waals surface area contributed by atoms with E-state index in [-0.39, 0.29) is 19.0 Å². The van der Waals surface area contributed by atoms with Crippen molar-refractivity contribution < 1.29 is 19.8 Å². The quantitative estimate of drug-likeness (QED) is 0.600. The highest BCUT2D eigenvalue weighted by molar-refractivity contribution is 5.83. The minimum Gasteiger partial charge on any atom is -0.480 e. The van der Waals surface area contributed by atoms with Gasteiger partial charge in [0.2, 0.25) is 0 Å². The molecule has 1 aliphatic heterocycles. The molecule has 0 aliphatic carbocycles. The summed E-state index contributed by atoms with van der Waals surface area (Å²) in [5.41, 5.74) is 0.792. The van der Waals surface area contributed by atoms with Crippen LogP contribution in [0.15, 0.2) is 12.4 Å². The number of carbonyl (C=O) groups is 2. The maximum atomic E-state index is 12.0. The van der Waals surface area contributed by atoms with Crippen LogP contribution in [0.1, 0.15) is 24.9 Å². The Morgan fingerprint density at radius 3 is 2.95 bits per heavy atom. The number of hydrogen-bond donors (Lipinski definition) is 4. The molecule has 3 atom stereocenters. The molecular formula is C11H16N4O4. The number of nitrogens with one attached hydrogen (secondary N) is 2. The molecule has 2 heterocycles. The van der Waals surface area contributed by atoms with Gasteiger partial charge in [0, 0.05) is 24.7 Å². The molecule has 0 saturated carbocycles. The van der Waals surface area contributed by atoms with Crippen molar-refractivity contribution in [1.82, 2.24) is 20.4 Å². The Balaban J connectivity index is 2.01. The SMILES string of the molecule is CC(NC(=O)N1CC(O)CC1C(=O)O)c1cn[nH]c1. The van der Waals surface area contributed by atoms with Crippen LogP contribution in [0.3, 0.4) is 0 Å². The number of aliphatic hydroxyl groups excluding tert-OH is 1. The summed E-state index contributed by atoms with van der Waals surface area (Å²) >= 11 is 0. The van der Waals surface area contributed by atoms with Crippen molar-refractivity contribution in [3.63, 3.8) is 0 Å². The minimum absolute atomic E-state index is 0.0287. The zero-order valence-electron chi connectivity index (χ0n) is 10.4. The highest BCUT2D eigenvalue weighted by Crippen LogP contribution is 2.19. The number of carbonyl (C=O) groups excluding carboxylic acids is 1. The second-order valence-corrected chi connectivity index (χ2v) is 4.60. The number of urea groups is 1. The summed E-state index contributed by atoms with van der Waals surface area (Å²) in [7, 11) is 0. The second kappa shape index (κ2) is 5.27. The molecule has 0 spiro atoms. The molecule has 104 valence electrons. The van der Waals surface area contributed by atoms with Crippen LogP contribution in [0.2, 0.25) is 0 Å². The summed E-state index contributed by atoms with van der Waals surface area (Å²) in [4.78, 5) is 24.2. The number of carboxylic acid groups (broad SMARTS) is 1. The Hall–Kier alpha value is -2.09. The van der Waals surface area contributed by atoms with E-state index >= 15 is 0 Å². The van der Waals surface area contributed by atoms with E-state index in [1.54, 1.807) is 19.3 Å². The molecule has 1 aromatic rings. The zero-order chi connectivity index (χ0) is 14.0. The molecule has 8 heteroatoms. The standard InChI is InChI=1S/C11H16N4O4/c1-6(7-3-12-13-4-7)14-11(19)15-5-8(16)2-9(15)10(17)18/h3-4,6,8-9,16H,2,5H2,1H3,(H,12,13)(H,14,19)(H,17,18). The Morgan fingerprint density at radius 1 is 1.63 bits per heavy atom. The molecule has 0 aromatic carbocycles. The van der Waals surface area contributed by atoms with Gasteiger partial charge < -0.3 is 20.4 Å². The number of likely N-dealkylation sites (tertiary alicyclic amines) is 1. The lowest BCUT2D eigenvalue weighted by atomic mass is 10.2. The number of rotatable bonds is 3. The summed E-state index contributed by atoms with van der Waals surface area (Å²) in [6.07, 6.45) is 2.50. The molecule has 1 aromatic heterocycles. The minimum atomic E-state index is -1.11. The lowest BCUT2D eigenvalue weighted by molar-refractivity contribution is -0.141. The van der Waals surface area contributed by atoms with Gasteiger partial charge in [-0.25, -0.2) is 9.59 Å². The van der Waals surface area contributed by atoms with E-state index in [1.165, 1.54) is 0 Å². The van der Waals surface area contributed by atoms with Crippen LogP contribution in [0.25, 0.3) is 0 Å². The lowest BCUT2D eigenvalue weighted by Gasteiger charge is -2.23. The predicted molar refractivity (Wildman–Crippen MR) is 64.3 cm³/mol. The number of hydrogen-bond acceptors (Lipinski definition) is 4. The number of carboxylic acids is 1. The summed E-state index contributed by atoms with van der Waals surface area (Å²) in [5, 5.41) is 27.6. The van der Waals surface area contributed by atoms with Crippen molar-refractivity contribution in [2.45, 2.75) is 31.5 Å². The third-order valence-corrected chi connectivity index (χ3v) is 3.18. The fraction of sp³-hybridized carbons (Fsp3) is 0.545. The summed E-state index contributed by atoms with van der Waals surface area (Å²) in [6, 6.07) is -1.78. The van der Waals surface area contributed by atoms with Crippen molar-refractivity contribution >= 4 is 12.0 Å². The van der Waals surface area contributed by atoms with E-state index in [1.807, 2.05) is 0 Å². The van der Waals surface area contributed by atoms with Crippen LogP contribution in [-0.4, -0.2) is 56.0 Å². The third kappa shape index (κ3) is 2.84. The molecule has 0 bridgehead atoms. The Bertz CT molecular complexity index is 461. The van der Waals surface area contributed by atoms with Crippen molar-refractivity contribution in [2.24, 2.45) is 0 Å². The van der Waals surface area contributed by atoms with E-state index in [0.717, 1.165) is 10.5 Å². The number of aliphatic hydroxyl groups is 1. The van der Waals surface area contributed by atoms with E-state index in [0.29, 0.717) is 0 Å². The topological polar surface area (TPSA) is 119 Å². The van der Waals surface area contributed by atoms with Crippen LogP contribution in [0, 0.1) is 0 Å². The van der Waals surface area contributed by atoms with Gasteiger partial charge in [-0.15, -0.1) is 0 Å². The molecule has 8 nitrogen and oxygen atoms in total. The first-order chi connectivity index (χ1) is 8.99. The molecule has 4 N–H and O–H groups in total. The first kappa shape index (κ1) is 13.3. The van der Waals surface area contributed by atoms with Gasteiger partial charge in [-0.1, -0.05) is 0 Å². The van der Waals surface area contributed by atoms with Gasteiger partial charge in [-0.2, -0.15) is 5.10 Å². The van der Waals surface area contributed by atoms with E-state index < -0.39 is 24.1 Å². The molecule has 1 fully saturated rings. The number of aliphatic carboxylic acids is 1. The maximum Gasteiger partial charge on any atom is 0.326 e. The highest BCUT2D eigenvalue weighted by atomic mass is 16.4. The predicted octanol–water partition coefficient (Wildman–Crippen LogP) is -0.300. The summed E-state index contributed by atoms with van der Waals surface area (Å²) in [6.45, 7) is 1.80. The first-order valence-corrected chi connectivity index (χ1v) is 5.95. The average Bonchev–Trinajstić information content (AvgIpc) is 2.96. The van der Waals surface area contributed by atoms with E-state index in [9.17, 15) is 14.7 Å². The van der Waals surface area contributed by atoms with Crippen LogP contribution in [-0.2, 0) is 4.79 Å². The van der Waals surface area contributed by atoms with E-state index in [4.69, 9.17) is 5.11 Å². The van der Waals surface area contributed by atoms with Gasteiger partial charge >= 0.3 is 12.0 Å². The first-order valence-electron chi connectivity index (χ1n) is 5.95. The Morgan fingerprint density at radius 2 is 2.37 bits per heavy atom. The van der Waals surface area contributed by atoms with Crippen molar-refractivity contribution in [1.29, 1.82) is 0 Å². The number of β-amino-alcohol motifs (C(OH)–C–C–N with tert-alkyl or cyclic N) is 1. The molecular weight excluding hydrogens is 252 g/mol. The number of amides is 2. The zero-order valence-corrected chi connectivity index (χ0v) is 10.4. The molecule has 19 heavy (non-hydrogen) atoms. The molecule has 1 saturated heterocycles. The van der Waals surface area contributed by atoms with Crippen molar-refractivity contribution in [2.75, 3.05) is 6.54 Å². The monoisotopic (exact) mass is 268 g/mol. The maximum absolute atomic E-state index is 12.0. The van der Waals surface area contributed by atoms with Crippen LogP contribution in [0.5, 0.6) is 0 Å². The van der Waals surface area contributed by atoms with E-state index in [2.05, 4.69) is 15.5 Å². The average molecular weight is 268 g/mol. The van der Waals surface area contributed by atoms with Gasteiger partial charge in [-0.05, 0) is 6.92 Å². The van der Waals surface area contributed by atoms with Gasteiger partial charge in [-0.3, -0.25) is 5.10 Å². The molecule has 3 unspecified atom stereocenters. The Labute approximate surface area is 109 Å². The fourth-order valence-electron chi connectivity index (χ4n) is 2.12. The third-order valence-electron chi connectivity index (χ3n) is 3.18. The number of aromatic amines is 1. The van der Waals surface area contributed by atoms with Crippen molar-refractivity contribution in [3.8, 4) is 0 Å². The van der Waals surface area contributed by atoms with Crippen LogP contribution < -0.4 is 5.32 Å². The number of nitrogens with zero attached hydrogens (tertiary/aromatic N) is 2. The van der Waals surface area contributed by atoms with Crippen molar-refractivity contribution in [3.05, 3.63) is 18.0 Å². The van der Waals surface area contributed by atoms with Crippen LogP contribution in [0.4, 0.5) is 4.79 Å². The fourth-order valence-corrected chi connectivity index (χ4v) is 2.12. The molecule has 2 amide bonds. The molecule has 1 aliphatic rings. The normalized spacial score (nSPS) is 24.2. The molecule has 0 radical (unpaired) electrons. The van der Waals surface area contributed by atoms with Gasteiger partial charge in [0.15, 0.2) is 0 Å². The summed E-state index contributed by atoms with van der Waals surface area (Å²) < 4.78 is 0. The van der Waals surface area contributed by atoms with Gasteiger partial charge in [0.25, 0.3) is 0 Å². The Kier molecular flexibility index (Phi) is 3.70. The second-order valence-electron chi connectivity index (χ2n) is 4.60. The summed E-state index contributed by atoms with van der Waals surface area (Å²) in [5.74, 6) is -1.11. The highest BCUT2D eigenvalue weighted by Gasteiger charge is 2.39. The number of H-pyrrole nitrogens is 1. The van der Waals surface area contributed by atoms with Gasteiger partial charge in [0.1, 0.15) is 6.04 Å². The number of aromatic nitrogens is 2. The largest absolute Gasteiger partial charge is 0.480 e. The van der Waals surface area contributed by atoms with Crippen LogP contribution >= 0.6 is 0 Å². The van der Waals surface area contributed by atoms with Gasteiger partial charge in [0.05, 0.1) is 18.3 Å². The molecule has 2 rings (SSSR count). The smallest absolute Gasteiger partial charge is 0.326 e.